The van der Waals surface area contributed by atoms with Gasteiger partial charge in [0.05, 0.1) is 12.7 Å². The second-order valence-electron chi connectivity index (χ2n) is 6.06. The zero-order valence-corrected chi connectivity index (χ0v) is 12.6. The monoisotopic (exact) mass is 284 g/mol. The van der Waals surface area contributed by atoms with Crippen molar-refractivity contribution in [2.75, 3.05) is 45.9 Å². The summed E-state index contributed by atoms with van der Waals surface area (Å²) in [6.45, 7) is 9.50. The molecule has 2 aliphatic heterocycles. The number of piperidine rings is 1. The maximum Gasteiger partial charge on any atom is 0.303 e. The van der Waals surface area contributed by atoms with Crippen LogP contribution in [0.1, 0.15) is 32.6 Å². The van der Waals surface area contributed by atoms with Crippen molar-refractivity contribution in [3.05, 3.63) is 0 Å². The molecule has 0 bridgehead atoms. The van der Waals surface area contributed by atoms with Gasteiger partial charge in [-0.05, 0) is 44.8 Å². The molecule has 1 unspecified atom stereocenters. The normalized spacial score (nSPS) is 26.8. The van der Waals surface area contributed by atoms with Crippen LogP contribution < -0.4 is 0 Å². The fourth-order valence-electron chi connectivity index (χ4n) is 3.25. The lowest BCUT2D eigenvalue weighted by molar-refractivity contribution is -0.137. The molecular weight excluding hydrogens is 256 g/mol. The Bertz CT molecular complexity index is 303. The van der Waals surface area contributed by atoms with Crippen LogP contribution in [0.4, 0.5) is 0 Å². The number of hydrogen-bond acceptors (Lipinski definition) is 4. The second-order valence-corrected chi connectivity index (χ2v) is 6.06. The number of likely N-dealkylation sites (tertiary alicyclic amines) is 1. The highest BCUT2D eigenvalue weighted by molar-refractivity contribution is 5.66. The van der Waals surface area contributed by atoms with E-state index in [1.54, 1.807) is 0 Å². The van der Waals surface area contributed by atoms with E-state index in [1.807, 2.05) is 0 Å². The molecule has 0 aromatic rings. The highest BCUT2D eigenvalue weighted by Gasteiger charge is 2.25. The van der Waals surface area contributed by atoms with Gasteiger partial charge >= 0.3 is 5.97 Å². The van der Waals surface area contributed by atoms with Gasteiger partial charge in [-0.3, -0.25) is 9.69 Å². The molecule has 2 rings (SSSR count). The predicted octanol–water partition coefficient (Wildman–Crippen LogP) is 1.28. The topological polar surface area (TPSA) is 53.0 Å². The van der Waals surface area contributed by atoms with Gasteiger partial charge in [0, 0.05) is 26.1 Å². The van der Waals surface area contributed by atoms with E-state index in [-0.39, 0.29) is 0 Å². The molecule has 0 amide bonds. The molecule has 2 fully saturated rings. The summed E-state index contributed by atoms with van der Waals surface area (Å²) in [5.74, 6) is -0.0653. The van der Waals surface area contributed by atoms with Crippen LogP contribution >= 0.6 is 0 Å². The molecule has 5 nitrogen and oxygen atoms in total. The van der Waals surface area contributed by atoms with Gasteiger partial charge in [0.15, 0.2) is 0 Å². The van der Waals surface area contributed by atoms with Crippen molar-refractivity contribution in [2.24, 2.45) is 5.92 Å². The lowest BCUT2D eigenvalue weighted by atomic mass is 9.92. The molecule has 0 spiro atoms. The first-order chi connectivity index (χ1) is 9.67. The largest absolute Gasteiger partial charge is 0.481 e. The van der Waals surface area contributed by atoms with E-state index in [0.717, 1.165) is 65.1 Å². The highest BCUT2D eigenvalue weighted by atomic mass is 16.5. The first-order valence-electron chi connectivity index (χ1n) is 7.95. The number of ether oxygens (including phenoxy) is 1. The van der Waals surface area contributed by atoms with E-state index in [9.17, 15) is 4.79 Å². The molecule has 0 aromatic heterocycles. The molecule has 0 saturated carbocycles. The van der Waals surface area contributed by atoms with Gasteiger partial charge in [-0.1, -0.05) is 6.92 Å². The molecule has 0 aromatic carbocycles. The lowest BCUT2D eigenvalue weighted by Gasteiger charge is -2.38. The zero-order valence-electron chi connectivity index (χ0n) is 12.6. The molecule has 0 aliphatic carbocycles. The molecule has 5 heteroatoms. The number of rotatable bonds is 6. The SMILES string of the molecule is CCN1CCOC(CN2CCC(CCC(=O)O)CC2)C1. The predicted molar refractivity (Wildman–Crippen MR) is 77.9 cm³/mol. The van der Waals surface area contributed by atoms with E-state index in [0.29, 0.717) is 18.4 Å². The Kier molecular flexibility index (Phi) is 6.26. The summed E-state index contributed by atoms with van der Waals surface area (Å²) in [6, 6.07) is 0. The summed E-state index contributed by atoms with van der Waals surface area (Å²) in [5, 5.41) is 8.73. The summed E-state index contributed by atoms with van der Waals surface area (Å²) in [5.41, 5.74) is 0. The van der Waals surface area contributed by atoms with Crippen LogP contribution in [0.5, 0.6) is 0 Å². The molecule has 1 N–H and O–H groups in total. The molecule has 2 aliphatic rings. The Hall–Kier alpha value is -0.650. The number of carbonyl (C=O) groups is 1. The van der Waals surface area contributed by atoms with Crippen LogP contribution in [0.25, 0.3) is 0 Å². The van der Waals surface area contributed by atoms with Gasteiger partial charge in [-0.2, -0.15) is 0 Å². The fraction of sp³-hybridized carbons (Fsp3) is 0.933. The smallest absolute Gasteiger partial charge is 0.303 e. The summed E-state index contributed by atoms with van der Waals surface area (Å²) >= 11 is 0. The number of morpholine rings is 1. The number of hydrogen-bond donors (Lipinski definition) is 1. The highest BCUT2D eigenvalue weighted by Crippen LogP contribution is 2.22. The Morgan fingerprint density at radius 1 is 1.25 bits per heavy atom. The van der Waals surface area contributed by atoms with Gasteiger partial charge in [0.2, 0.25) is 0 Å². The third-order valence-electron chi connectivity index (χ3n) is 4.61. The average molecular weight is 284 g/mol. The van der Waals surface area contributed by atoms with Gasteiger partial charge in [-0.15, -0.1) is 0 Å². The number of carboxylic acids is 1. The summed E-state index contributed by atoms with van der Waals surface area (Å²) in [7, 11) is 0. The second kappa shape index (κ2) is 7.96. The van der Waals surface area contributed by atoms with E-state index in [2.05, 4.69) is 16.7 Å². The molecule has 20 heavy (non-hydrogen) atoms. The first kappa shape index (κ1) is 15.7. The third-order valence-corrected chi connectivity index (χ3v) is 4.61. The molecule has 0 radical (unpaired) electrons. The maximum absolute atomic E-state index is 10.6. The van der Waals surface area contributed by atoms with E-state index in [1.165, 1.54) is 0 Å². The Labute approximate surface area is 121 Å². The Balaban J connectivity index is 1.65. The Morgan fingerprint density at radius 2 is 2.00 bits per heavy atom. The van der Waals surface area contributed by atoms with Crippen molar-refractivity contribution in [3.63, 3.8) is 0 Å². The Morgan fingerprint density at radius 3 is 2.65 bits per heavy atom. The van der Waals surface area contributed by atoms with Crippen molar-refractivity contribution in [2.45, 2.75) is 38.7 Å². The summed E-state index contributed by atoms with van der Waals surface area (Å²) < 4.78 is 5.86. The van der Waals surface area contributed by atoms with Crippen molar-refractivity contribution >= 4 is 5.97 Å². The number of likely N-dealkylation sites (N-methyl/N-ethyl adjacent to an activating group) is 1. The van der Waals surface area contributed by atoms with Gasteiger partial charge < -0.3 is 14.7 Å². The van der Waals surface area contributed by atoms with Crippen LogP contribution in [0, 0.1) is 5.92 Å². The molecule has 1 atom stereocenters. The van der Waals surface area contributed by atoms with Crippen LogP contribution in [-0.4, -0.2) is 72.9 Å². The molecule has 116 valence electrons. The van der Waals surface area contributed by atoms with E-state index < -0.39 is 5.97 Å². The van der Waals surface area contributed by atoms with E-state index in [4.69, 9.17) is 9.84 Å². The standard InChI is InChI=1S/C15H28N2O3/c1-2-16-9-10-20-14(11-16)12-17-7-5-13(6-8-17)3-4-15(18)19/h13-14H,2-12H2,1H3,(H,18,19). The molecule has 2 saturated heterocycles. The maximum atomic E-state index is 10.6. The number of carboxylic acid groups (broad SMARTS) is 1. The van der Waals surface area contributed by atoms with Crippen molar-refractivity contribution in [1.29, 1.82) is 0 Å². The quantitative estimate of drug-likeness (QED) is 0.796. The number of aliphatic carboxylic acids is 1. The fourth-order valence-corrected chi connectivity index (χ4v) is 3.25. The van der Waals surface area contributed by atoms with Gasteiger partial charge in [0.1, 0.15) is 0 Å². The molecule has 2 heterocycles. The summed E-state index contributed by atoms with van der Waals surface area (Å²) in [6.07, 6.45) is 3.78. The van der Waals surface area contributed by atoms with Crippen LogP contribution in [0.3, 0.4) is 0 Å². The van der Waals surface area contributed by atoms with Crippen molar-refractivity contribution in [3.8, 4) is 0 Å². The van der Waals surface area contributed by atoms with Crippen LogP contribution in [0.15, 0.2) is 0 Å². The third kappa shape index (κ3) is 5.04. The van der Waals surface area contributed by atoms with Crippen LogP contribution in [0.2, 0.25) is 0 Å². The minimum Gasteiger partial charge on any atom is -0.481 e. The van der Waals surface area contributed by atoms with Crippen molar-refractivity contribution < 1.29 is 14.6 Å². The average Bonchev–Trinajstić information content (AvgIpc) is 2.47. The minimum atomic E-state index is -0.664. The summed E-state index contributed by atoms with van der Waals surface area (Å²) in [4.78, 5) is 15.5. The van der Waals surface area contributed by atoms with E-state index >= 15 is 0 Å². The first-order valence-corrected chi connectivity index (χ1v) is 7.95. The van der Waals surface area contributed by atoms with Crippen LogP contribution in [-0.2, 0) is 9.53 Å². The minimum absolute atomic E-state index is 0.321. The van der Waals surface area contributed by atoms with Crippen molar-refractivity contribution in [1.82, 2.24) is 9.80 Å². The molecular formula is C15H28N2O3. The van der Waals surface area contributed by atoms with Gasteiger partial charge in [0.25, 0.3) is 0 Å². The zero-order chi connectivity index (χ0) is 14.4. The lowest BCUT2D eigenvalue weighted by Crippen LogP contribution is -2.48. The van der Waals surface area contributed by atoms with Gasteiger partial charge in [-0.25, -0.2) is 0 Å². The number of nitrogens with zero attached hydrogens (tertiary/aromatic N) is 2.